The number of sulfonamides is 1. The summed E-state index contributed by atoms with van der Waals surface area (Å²) >= 11 is 0.996. The first-order valence-electron chi connectivity index (χ1n) is 7.96. The number of hydrogen-bond acceptors (Lipinski definition) is 5. The van der Waals surface area contributed by atoms with Crippen molar-refractivity contribution < 1.29 is 17.6 Å². The largest absolute Gasteiger partial charge is 0.321 e. The van der Waals surface area contributed by atoms with Crippen LogP contribution in [0.4, 0.5) is 15.8 Å². The second-order valence-electron chi connectivity index (χ2n) is 5.74. The topological polar surface area (TPSA) is 90.3 Å². The number of nitrogens with one attached hydrogen (secondary N) is 1. The zero-order valence-electron chi connectivity index (χ0n) is 14.6. The lowest BCUT2D eigenvalue weighted by Gasteiger charge is -2.18. The van der Waals surface area contributed by atoms with E-state index in [9.17, 15) is 17.6 Å². The summed E-state index contributed by atoms with van der Waals surface area (Å²) < 4.78 is 39.6. The number of thiophene rings is 1. The smallest absolute Gasteiger partial charge is 0.265 e. The molecule has 0 aliphatic carbocycles. The number of carbonyl (C=O) groups is 1. The van der Waals surface area contributed by atoms with Gasteiger partial charge in [-0.25, -0.2) is 12.8 Å². The van der Waals surface area contributed by atoms with Crippen LogP contribution in [0, 0.1) is 17.1 Å². The molecule has 0 saturated carbocycles. The van der Waals surface area contributed by atoms with Crippen LogP contribution in [0.25, 0.3) is 0 Å². The third-order valence-electron chi connectivity index (χ3n) is 3.92. The average Bonchev–Trinajstić information content (AvgIpc) is 3.20. The zero-order valence-corrected chi connectivity index (χ0v) is 16.2. The molecular formula is C19H14FN3O3S2. The molecule has 1 amide bonds. The number of benzene rings is 2. The van der Waals surface area contributed by atoms with Gasteiger partial charge in [0.15, 0.2) is 0 Å². The molecule has 3 rings (SSSR count). The molecule has 6 nitrogen and oxygen atoms in total. The van der Waals surface area contributed by atoms with Crippen LogP contribution in [0.5, 0.6) is 0 Å². The predicted octanol–water partition coefficient (Wildman–Crippen LogP) is 3.84. The van der Waals surface area contributed by atoms with E-state index in [2.05, 4.69) is 5.32 Å². The Morgan fingerprint density at radius 3 is 2.39 bits per heavy atom. The van der Waals surface area contributed by atoms with Gasteiger partial charge in [0.2, 0.25) is 0 Å². The minimum absolute atomic E-state index is 0.0331. The molecule has 0 saturated heterocycles. The van der Waals surface area contributed by atoms with Crippen LogP contribution >= 0.6 is 11.3 Å². The Morgan fingerprint density at radius 1 is 1.14 bits per heavy atom. The zero-order chi connectivity index (χ0) is 20.3. The van der Waals surface area contributed by atoms with Gasteiger partial charge in [0.05, 0.1) is 27.1 Å². The number of nitrogens with zero attached hydrogens (tertiary/aromatic N) is 2. The van der Waals surface area contributed by atoms with E-state index in [0.29, 0.717) is 16.9 Å². The van der Waals surface area contributed by atoms with E-state index >= 15 is 0 Å². The van der Waals surface area contributed by atoms with Gasteiger partial charge in [-0.05, 0) is 54.6 Å². The summed E-state index contributed by atoms with van der Waals surface area (Å²) in [5.74, 6) is -0.924. The molecule has 0 aliphatic rings. The fraction of sp³-hybridized carbons (Fsp3) is 0.0526. The van der Waals surface area contributed by atoms with Crippen molar-refractivity contribution in [3.8, 4) is 6.07 Å². The Bertz CT molecular complexity index is 1150. The van der Waals surface area contributed by atoms with Gasteiger partial charge in [-0.15, -0.1) is 11.3 Å². The first-order chi connectivity index (χ1) is 13.3. The highest BCUT2D eigenvalue weighted by molar-refractivity contribution is 7.93. The summed E-state index contributed by atoms with van der Waals surface area (Å²) in [6, 6.07) is 14.6. The molecule has 0 spiro atoms. The SMILES string of the molecule is CN(c1ccc(F)cc1)S(=O)(=O)c1csc(C(=O)Nc2ccc(C#N)cc2)c1. The van der Waals surface area contributed by atoms with Crippen LogP contribution in [-0.4, -0.2) is 21.4 Å². The van der Waals surface area contributed by atoms with Crippen LogP contribution in [0.1, 0.15) is 15.2 Å². The van der Waals surface area contributed by atoms with E-state index < -0.39 is 21.7 Å². The van der Waals surface area contributed by atoms with Gasteiger partial charge in [-0.3, -0.25) is 9.10 Å². The number of halogens is 1. The highest BCUT2D eigenvalue weighted by Gasteiger charge is 2.24. The van der Waals surface area contributed by atoms with E-state index in [4.69, 9.17) is 5.26 Å². The van der Waals surface area contributed by atoms with Crippen molar-refractivity contribution in [3.63, 3.8) is 0 Å². The van der Waals surface area contributed by atoms with Crippen molar-refractivity contribution in [2.75, 3.05) is 16.7 Å². The van der Waals surface area contributed by atoms with E-state index in [1.54, 1.807) is 24.3 Å². The van der Waals surface area contributed by atoms with Crippen LogP contribution in [0.15, 0.2) is 64.9 Å². The molecule has 0 radical (unpaired) electrons. The Morgan fingerprint density at radius 2 is 1.79 bits per heavy atom. The molecule has 2 aromatic carbocycles. The van der Waals surface area contributed by atoms with Gasteiger partial charge >= 0.3 is 0 Å². The van der Waals surface area contributed by atoms with Gasteiger partial charge in [-0.2, -0.15) is 5.26 Å². The average molecular weight is 415 g/mol. The van der Waals surface area contributed by atoms with Crippen molar-refractivity contribution in [3.05, 3.63) is 76.2 Å². The summed E-state index contributed by atoms with van der Waals surface area (Å²) in [6.07, 6.45) is 0. The lowest BCUT2D eigenvalue weighted by molar-refractivity contribution is 0.103. The first kappa shape index (κ1) is 19.5. The quantitative estimate of drug-likeness (QED) is 0.686. The fourth-order valence-corrected chi connectivity index (χ4v) is 4.69. The Balaban J connectivity index is 1.78. The van der Waals surface area contributed by atoms with Gasteiger partial charge in [0, 0.05) is 18.1 Å². The van der Waals surface area contributed by atoms with Crippen molar-refractivity contribution >= 4 is 38.6 Å². The monoisotopic (exact) mass is 415 g/mol. The lowest BCUT2D eigenvalue weighted by Crippen LogP contribution is -2.26. The maximum Gasteiger partial charge on any atom is 0.265 e. The van der Waals surface area contributed by atoms with Crippen LogP contribution in [-0.2, 0) is 10.0 Å². The van der Waals surface area contributed by atoms with E-state index in [1.165, 1.54) is 42.8 Å². The van der Waals surface area contributed by atoms with E-state index in [-0.39, 0.29) is 9.77 Å². The maximum absolute atomic E-state index is 13.1. The Kier molecular flexibility index (Phi) is 5.44. The van der Waals surface area contributed by atoms with E-state index in [0.717, 1.165) is 15.6 Å². The molecule has 0 bridgehead atoms. The van der Waals surface area contributed by atoms with Crippen LogP contribution in [0.3, 0.4) is 0 Å². The molecule has 0 fully saturated rings. The van der Waals surface area contributed by atoms with Crippen LogP contribution < -0.4 is 9.62 Å². The molecule has 142 valence electrons. The number of amides is 1. The van der Waals surface area contributed by atoms with Crippen molar-refractivity contribution in [2.45, 2.75) is 4.90 Å². The molecule has 28 heavy (non-hydrogen) atoms. The van der Waals surface area contributed by atoms with Gasteiger partial charge < -0.3 is 5.32 Å². The minimum atomic E-state index is -3.89. The summed E-state index contributed by atoms with van der Waals surface area (Å²) in [7, 11) is -2.54. The number of nitriles is 1. The summed E-state index contributed by atoms with van der Waals surface area (Å²) in [5, 5.41) is 12.8. The summed E-state index contributed by atoms with van der Waals surface area (Å²) in [4.78, 5) is 12.6. The molecule has 3 aromatic rings. The first-order valence-corrected chi connectivity index (χ1v) is 10.3. The molecule has 0 aliphatic heterocycles. The van der Waals surface area contributed by atoms with Crippen molar-refractivity contribution in [1.82, 2.24) is 0 Å². The molecule has 0 unspecified atom stereocenters. The number of rotatable bonds is 5. The van der Waals surface area contributed by atoms with Gasteiger partial charge in [-0.1, -0.05) is 0 Å². The van der Waals surface area contributed by atoms with Crippen LogP contribution in [0.2, 0.25) is 0 Å². The molecule has 9 heteroatoms. The van der Waals surface area contributed by atoms with E-state index in [1.807, 2.05) is 6.07 Å². The maximum atomic E-state index is 13.1. The van der Waals surface area contributed by atoms with Gasteiger partial charge in [0.25, 0.3) is 15.9 Å². The molecule has 1 aromatic heterocycles. The van der Waals surface area contributed by atoms with Crippen molar-refractivity contribution in [2.24, 2.45) is 0 Å². The number of hydrogen-bond donors (Lipinski definition) is 1. The minimum Gasteiger partial charge on any atom is -0.321 e. The number of anilines is 2. The second kappa shape index (κ2) is 7.80. The third kappa shape index (κ3) is 4.03. The molecule has 1 heterocycles. The summed E-state index contributed by atoms with van der Waals surface area (Å²) in [6.45, 7) is 0. The normalized spacial score (nSPS) is 10.9. The second-order valence-corrected chi connectivity index (χ2v) is 8.62. The van der Waals surface area contributed by atoms with Crippen molar-refractivity contribution in [1.29, 1.82) is 5.26 Å². The molecular weight excluding hydrogens is 401 g/mol. The van der Waals surface area contributed by atoms with Gasteiger partial charge in [0.1, 0.15) is 5.82 Å². The lowest BCUT2D eigenvalue weighted by atomic mass is 10.2. The standard InChI is InChI=1S/C19H14FN3O3S2/c1-23(16-8-4-14(20)5-9-16)28(25,26)17-10-18(27-12-17)19(24)22-15-6-2-13(11-21)3-7-15/h2-10,12H,1H3,(H,22,24). The fourth-order valence-electron chi connectivity index (χ4n) is 2.34. The predicted molar refractivity (Wildman–Crippen MR) is 105 cm³/mol. The Hall–Kier alpha value is -3.22. The number of carbonyl (C=O) groups excluding carboxylic acids is 1. The molecule has 0 atom stereocenters. The molecule has 1 N–H and O–H groups in total. The Labute approximate surface area is 165 Å². The highest BCUT2D eigenvalue weighted by Crippen LogP contribution is 2.26. The third-order valence-corrected chi connectivity index (χ3v) is 6.76. The summed E-state index contributed by atoms with van der Waals surface area (Å²) in [5.41, 5.74) is 1.26. The highest BCUT2D eigenvalue weighted by atomic mass is 32.2.